The highest BCUT2D eigenvalue weighted by Crippen LogP contribution is 2.18. The van der Waals surface area contributed by atoms with Crippen molar-refractivity contribution in [2.45, 2.75) is 38.2 Å². The highest BCUT2D eigenvalue weighted by Gasteiger charge is 2.31. The van der Waals surface area contributed by atoms with Crippen molar-refractivity contribution in [1.82, 2.24) is 15.1 Å². The van der Waals surface area contributed by atoms with Crippen LogP contribution in [-0.2, 0) is 14.3 Å². The average Bonchev–Trinajstić information content (AvgIpc) is 3.25. The Hall–Kier alpha value is -1.14. The van der Waals surface area contributed by atoms with Gasteiger partial charge in [0, 0.05) is 39.2 Å². The number of nitrogens with zero attached hydrogens (tertiary/aromatic N) is 2. The van der Waals surface area contributed by atoms with E-state index in [4.69, 9.17) is 4.74 Å². The van der Waals surface area contributed by atoms with E-state index in [2.05, 4.69) is 5.32 Å². The van der Waals surface area contributed by atoms with Crippen LogP contribution in [0, 0.1) is 5.92 Å². The first-order chi connectivity index (χ1) is 10.7. The Morgan fingerprint density at radius 2 is 1.86 bits per heavy atom. The maximum atomic E-state index is 12.3. The van der Waals surface area contributed by atoms with E-state index in [1.165, 1.54) is 6.42 Å². The smallest absolute Gasteiger partial charge is 0.251 e. The van der Waals surface area contributed by atoms with Gasteiger partial charge >= 0.3 is 0 Å². The fraction of sp³-hybridized carbons (Fsp3) is 0.875. The Kier molecular flexibility index (Phi) is 5.31. The van der Waals surface area contributed by atoms with Gasteiger partial charge in [0.05, 0.1) is 0 Å². The zero-order valence-electron chi connectivity index (χ0n) is 13.3. The first kappa shape index (κ1) is 15.7. The number of nitrogens with one attached hydrogen (secondary N) is 1. The van der Waals surface area contributed by atoms with Crippen LogP contribution in [0.1, 0.15) is 32.1 Å². The van der Waals surface area contributed by atoms with Gasteiger partial charge in [-0.2, -0.15) is 0 Å². The van der Waals surface area contributed by atoms with E-state index in [0.717, 1.165) is 32.4 Å². The molecular formula is C16H27N3O3. The van der Waals surface area contributed by atoms with Gasteiger partial charge < -0.3 is 19.9 Å². The molecule has 0 aromatic heterocycles. The molecule has 0 aromatic carbocycles. The number of hydrogen-bond donors (Lipinski definition) is 1. The molecule has 3 saturated heterocycles. The maximum Gasteiger partial charge on any atom is 0.251 e. The molecular weight excluding hydrogens is 282 g/mol. The molecule has 3 fully saturated rings. The zero-order chi connectivity index (χ0) is 15.4. The van der Waals surface area contributed by atoms with Crippen molar-refractivity contribution in [2.75, 3.05) is 45.9 Å². The van der Waals surface area contributed by atoms with Crippen molar-refractivity contribution in [3.8, 4) is 0 Å². The molecule has 0 saturated carbocycles. The molecule has 6 nitrogen and oxygen atoms in total. The summed E-state index contributed by atoms with van der Waals surface area (Å²) < 4.78 is 5.46. The summed E-state index contributed by atoms with van der Waals surface area (Å²) in [4.78, 5) is 28.3. The molecule has 22 heavy (non-hydrogen) atoms. The first-order valence-corrected chi connectivity index (χ1v) is 8.63. The van der Waals surface area contributed by atoms with Gasteiger partial charge in [-0.05, 0) is 44.7 Å². The summed E-state index contributed by atoms with van der Waals surface area (Å²) in [6.45, 7) is 5.47. The minimum absolute atomic E-state index is 0.113. The molecule has 2 unspecified atom stereocenters. The van der Waals surface area contributed by atoms with Crippen LogP contribution in [-0.4, -0.2) is 73.6 Å². The third-order valence-electron chi connectivity index (χ3n) is 5.08. The third kappa shape index (κ3) is 3.79. The summed E-state index contributed by atoms with van der Waals surface area (Å²) in [7, 11) is 0. The predicted molar refractivity (Wildman–Crippen MR) is 82.3 cm³/mol. The van der Waals surface area contributed by atoms with E-state index >= 15 is 0 Å². The summed E-state index contributed by atoms with van der Waals surface area (Å²) in [5, 5.41) is 3.34. The standard InChI is InChI=1S/C16H27N3O3/c20-15(4-3-13-5-6-17-12-13)18-7-9-19(10-8-18)16(21)14-2-1-11-22-14/h13-14,17H,1-12H2. The molecule has 0 spiro atoms. The molecule has 6 heteroatoms. The van der Waals surface area contributed by atoms with Gasteiger partial charge in [-0.1, -0.05) is 0 Å². The topological polar surface area (TPSA) is 61.9 Å². The normalized spacial score (nSPS) is 29.1. The Morgan fingerprint density at radius 1 is 1.09 bits per heavy atom. The van der Waals surface area contributed by atoms with Crippen LogP contribution in [0.3, 0.4) is 0 Å². The monoisotopic (exact) mass is 309 g/mol. The number of ether oxygens (including phenoxy) is 1. The molecule has 124 valence electrons. The van der Waals surface area contributed by atoms with Crippen molar-refractivity contribution < 1.29 is 14.3 Å². The van der Waals surface area contributed by atoms with Gasteiger partial charge in [0.2, 0.25) is 5.91 Å². The van der Waals surface area contributed by atoms with Crippen molar-refractivity contribution in [3.05, 3.63) is 0 Å². The van der Waals surface area contributed by atoms with Crippen molar-refractivity contribution >= 4 is 11.8 Å². The highest BCUT2D eigenvalue weighted by molar-refractivity contribution is 5.82. The lowest BCUT2D eigenvalue weighted by Crippen LogP contribution is -2.52. The quantitative estimate of drug-likeness (QED) is 0.807. The van der Waals surface area contributed by atoms with Crippen LogP contribution >= 0.6 is 0 Å². The lowest BCUT2D eigenvalue weighted by Gasteiger charge is -2.36. The number of carbonyl (C=O) groups excluding carboxylic acids is 2. The van der Waals surface area contributed by atoms with Gasteiger partial charge in [0.15, 0.2) is 0 Å². The second-order valence-electron chi connectivity index (χ2n) is 6.61. The average molecular weight is 309 g/mol. The molecule has 2 atom stereocenters. The van der Waals surface area contributed by atoms with Gasteiger partial charge in [-0.3, -0.25) is 9.59 Å². The van der Waals surface area contributed by atoms with Gasteiger partial charge in [0.25, 0.3) is 5.91 Å². The Labute approximate surface area is 132 Å². The van der Waals surface area contributed by atoms with Gasteiger partial charge in [-0.25, -0.2) is 0 Å². The number of piperazine rings is 1. The van der Waals surface area contributed by atoms with E-state index in [1.807, 2.05) is 9.80 Å². The van der Waals surface area contributed by atoms with Crippen LogP contribution in [0.2, 0.25) is 0 Å². The zero-order valence-corrected chi connectivity index (χ0v) is 13.3. The highest BCUT2D eigenvalue weighted by atomic mass is 16.5. The van der Waals surface area contributed by atoms with Crippen molar-refractivity contribution in [3.63, 3.8) is 0 Å². The lowest BCUT2D eigenvalue weighted by atomic mass is 10.0. The summed E-state index contributed by atoms with van der Waals surface area (Å²) >= 11 is 0. The SMILES string of the molecule is O=C(CCC1CCNC1)N1CCN(C(=O)C2CCCO2)CC1. The Bertz CT molecular complexity index is 395. The second-order valence-corrected chi connectivity index (χ2v) is 6.61. The Morgan fingerprint density at radius 3 is 2.50 bits per heavy atom. The molecule has 0 bridgehead atoms. The van der Waals surface area contributed by atoms with Crippen LogP contribution in [0.15, 0.2) is 0 Å². The largest absolute Gasteiger partial charge is 0.368 e. The molecule has 3 rings (SSSR count). The molecule has 0 aromatic rings. The van der Waals surface area contributed by atoms with Crippen molar-refractivity contribution in [2.24, 2.45) is 5.92 Å². The van der Waals surface area contributed by atoms with Crippen LogP contribution in [0.25, 0.3) is 0 Å². The summed E-state index contributed by atoms with van der Waals surface area (Å²) in [6, 6.07) is 0. The second kappa shape index (κ2) is 7.42. The van der Waals surface area contributed by atoms with Crippen LogP contribution < -0.4 is 5.32 Å². The number of amides is 2. The summed E-state index contributed by atoms with van der Waals surface area (Å²) in [6.07, 6.45) is 4.40. The van der Waals surface area contributed by atoms with Crippen LogP contribution in [0.4, 0.5) is 0 Å². The molecule has 3 aliphatic heterocycles. The minimum atomic E-state index is -0.239. The number of hydrogen-bond acceptors (Lipinski definition) is 4. The van der Waals surface area contributed by atoms with Crippen LogP contribution in [0.5, 0.6) is 0 Å². The van der Waals surface area contributed by atoms with E-state index < -0.39 is 0 Å². The first-order valence-electron chi connectivity index (χ1n) is 8.63. The fourth-order valence-electron chi connectivity index (χ4n) is 3.60. The molecule has 3 heterocycles. The maximum absolute atomic E-state index is 12.3. The molecule has 0 aliphatic carbocycles. The van der Waals surface area contributed by atoms with Gasteiger partial charge in [-0.15, -0.1) is 0 Å². The van der Waals surface area contributed by atoms with E-state index in [-0.39, 0.29) is 17.9 Å². The predicted octanol–water partition coefficient (Wildman–Crippen LogP) is 0.226. The lowest BCUT2D eigenvalue weighted by molar-refractivity contribution is -0.146. The van der Waals surface area contributed by atoms with E-state index in [9.17, 15) is 9.59 Å². The van der Waals surface area contributed by atoms with E-state index in [1.54, 1.807) is 0 Å². The molecule has 0 radical (unpaired) electrons. The fourth-order valence-corrected chi connectivity index (χ4v) is 3.60. The number of rotatable bonds is 4. The minimum Gasteiger partial charge on any atom is -0.368 e. The number of carbonyl (C=O) groups is 2. The summed E-state index contributed by atoms with van der Waals surface area (Å²) in [5.41, 5.74) is 0. The van der Waals surface area contributed by atoms with E-state index in [0.29, 0.717) is 45.1 Å². The molecule has 3 aliphatic rings. The summed E-state index contributed by atoms with van der Waals surface area (Å²) in [5.74, 6) is 1.02. The Balaban J connectivity index is 1.38. The van der Waals surface area contributed by atoms with Gasteiger partial charge in [0.1, 0.15) is 6.10 Å². The molecule has 2 amide bonds. The third-order valence-corrected chi connectivity index (χ3v) is 5.08. The molecule has 1 N–H and O–H groups in total. The van der Waals surface area contributed by atoms with Crippen molar-refractivity contribution in [1.29, 1.82) is 0 Å².